The predicted octanol–water partition coefficient (Wildman–Crippen LogP) is 3.75. The first-order valence-electron chi connectivity index (χ1n) is 11.4. The Morgan fingerprint density at radius 3 is 2.45 bits per heavy atom. The van der Waals surface area contributed by atoms with Crippen molar-refractivity contribution < 1.29 is 29.3 Å². The normalized spacial score (nSPS) is 20.2. The first-order chi connectivity index (χ1) is 15.8. The summed E-state index contributed by atoms with van der Waals surface area (Å²) in [4.78, 5) is 25.0. The molecule has 178 valence electrons. The molecular weight excluding hydrogens is 422 g/mol. The first-order valence-corrected chi connectivity index (χ1v) is 11.4. The molecule has 0 heterocycles. The van der Waals surface area contributed by atoms with E-state index in [9.17, 15) is 14.7 Å². The van der Waals surface area contributed by atoms with E-state index >= 15 is 0 Å². The lowest BCUT2D eigenvalue weighted by molar-refractivity contribution is -0.146. The zero-order valence-electron chi connectivity index (χ0n) is 19.3. The van der Waals surface area contributed by atoms with Crippen molar-refractivity contribution in [3.05, 3.63) is 59.2 Å². The average Bonchev–Trinajstić information content (AvgIpc) is 2.79. The minimum Gasteiger partial charge on any atom is -0.489 e. The van der Waals surface area contributed by atoms with E-state index in [-0.39, 0.29) is 13.2 Å². The number of aliphatic hydroxyl groups is 1. The van der Waals surface area contributed by atoms with Crippen LogP contribution in [0.25, 0.3) is 0 Å². The third kappa shape index (κ3) is 6.48. The molecular formula is C26H33NO6. The molecule has 3 rings (SSSR count). The van der Waals surface area contributed by atoms with Crippen LogP contribution in [-0.2, 0) is 11.2 Å². The molecule has 1 amide bonds. The Hall–Kier alpha value is -3.06. The monoisotopic (exact) mass is 455 g/mol. The summed E-state index contributed by atoms with van der Waals surface area (Å²) in [7, 11) is 0. The van der Waals surface area contributed by atoms with Crippen LogP contribution in [0.3, 0.4) is 0 Å². The summed E-state index contributed by atoms with van der Waals surface area (Å²) in [5, 5.41) is 21.7. The number of rotatable bonds is 10. The van der Waals surface area contributed by atoms with E-state index in [0.717, 1.165) is 18.4 Å². The fourth-order valence-electron chi connectivity index (χ4n) is 4.12. The molecule has 0 bridgehead atoms. The summed E-state index contributed by atoms with van der Waals surface area (Å²) >= 11 is 0. The zero-order chi connectivity index (χ0) is 23.8. The number of carboxylic acid groups (broad SMARTS) is 1. The molecule has 0 unspecified atom stereocenters. The Morgan fingerprint density at radius 1 is 1.06 bits per heavy atom. The number of nitrogens with one attached hydrogen (secondary N) is 1. The second-order valence-electron chi connectivity index (χ2n) is 8.85. The molecule has 7 nitrogen and oxygen atoms in total. The van der Waals surface area contributed by atoms with Crippen LogP contribution in [-0.4, -0.2) is 47.4 Å². The molecule has 3 N–H and O–H groups in total. The van der Waals surface area contributed by atoms with Gasteiger partial charge in [-0.2, -0.15) is 0 Å². The number of amides is 1. The maximum atomic E-state index is 13.0. The molecule has 0 spiro atoms. The van der Waals surface area contributed by atoms with Crippen molar-refractivity contribution in [1.29, 1.82) is 0 Å². The van der Waals surface area contributed by atoms with Crippen LogP contribution in [0, 0.1) is 12.8 Å². The van der Waals surface area contributed by atoms with Gasteiger partial charge in [0.05, 0.1) is 13.2 Å². The molecule has 0 aromatic heterocycles. The van der Waals surface area contributed by atoms with Gasteiger partial charge in [0.1, 0.15) is 12.1 Å². The third-order valence-electron chi connectivity index (χ3n) is 6.18. The van der Waals surface area contributed by atoms with Gasteiger partial charge in [-0.25, -0.2) is 4.79 Å². The highest BCUT2D eigenvalue weighted by Gasteiger charge is 2.42. The van der Waals surface area contributed by atoms with E-state index in [1.165, 1.54) is 5.56 Å². The van der Waals surface area contributed by atoms with Crippen molar-refractivity contribution >= 4 is 11.9 Å². The van der Waals surface area contributed by atoms with E-state index in [2.05, 4.69) is 18.3 Å². The molecule has 1 aliphatic carbocycles. The van der Waals surface area contributed by atoms with E-state index in [1.54, 1.807) is 18.2 Å². The highest BCUT2D eigenvalue weighted by Crippen LogP contribution is 2.33. The van der Waals surface area contributed by atoms with Crippen molar-refractivity contribution in [1.82, 2.24) is 5.32 Å². The fraction of sp³-hybridized carbons (Fsp3) is 0.462. The SMILES string of the molecule is Cc1cccc(CCOc2cc(C(=O)NC3(C(=O)O)CCC(C)CC3)ccc2OCCO)c1. The van der Waals surface area contributed by atoms with E-state index in [0.29, 0.717) is 48.8 Å². The van der Waals surface area contributed by atoms with Gasteiger partial charge in [0, 0.05) is 12.0 Å². The summed E-state index contributed by atoms with van der Waals surface area (Å²) in [6.45, 7) is 4.45. The maximum absolute atomic E-state index is 13.0. The Kier molecular flexibility index (Phi) is 8.33. The van der Waals surface area contributed by atoms with Gasteiger partial charge in [-0.1, -0.05) is 36.8 Å². The van der Waals surface area contributed by atoms with Gasteiger partial charge in [-0.3, -0.25) is 4.79 Å². The molecule has 7 heteroatoms. The Bertz CT molecular complexity index is 965. The van der Waals surface area contributed by atoms with Crippen LogP contribution in [0.5, 0.6) is 11.5 Å². The predicted molar refractivity (Wildman–Crippen MR) is 125 cm³/mol. The van der Waals surface area contributed by atoms with E-state index < -0.39 is 17.4 Å². The lowest BCUT2D eigenvalue weighted by Crippen LogP contribution is -2.56. The highest BCUT2D eigenvalue weighted by molar-refractivity contribution is 5.98. The number of carbonyl (C=O) groups excluding carboxylic acids is 1. The van der Waals surface area contributed by atoms with Crippen LogP contribution in [0.4, 0.5) is 0 Å². The molecule has 33 heavy (non-hydrogen) atoms. The number of hydrogen-bond acceptors (Lipinski definition) is 5. The number of benzene rings is 2. The van der Waals surface area contributed by atoms with Crippen molar-refractivity contribution in [2.24, 2.45) is 5.92 Å². The molecule has 1 aliphatic rings. The average molecular weight is 456 g/mol. The Labute approximate surface area is 194 Å². The molecule has 2 aromatic carbocycles. The quantitative estimate of drug-likeness (QED) is 0.504. The second-order valence-corrected chi connectivity index (χ2v) is 8.85. The molecule has 0 saturated heterocycles. The number of aliphatic hydroxyl groups excluding tert-OH is 1. The molecule has 1 saturated carbocycles. The smallest absolute Gasteiger partial charge is 0.329 e. The van der Waals surface area contributed by atoms with Gasteiger partial charge in [-0.15, -0.1) is 0 Å². The van der Waals surface area contributed by atoms with Crippen LogP contribution < -0.4 is 14.8 Å². The minimum atomic E-state index is -1.25. The summed E-state index contributed by atoms with van der Waals surface area (Å²) in [6.07, 6.45) is 3.01. The molecule has 0 radical (unpaired) electrons. The zero-order valence-corrected chi connectivity index (χ0v) is 19.3. The maximum Gasteiger partial charge on any atom is 0.329 e. The standard InChI is InChI=1S/C26H33NO6/c1-18-8-11-26(12-9-18,25(30)31)27-24(29)21-6-7-22(33-15-13-28)23(17-21)32-14-10-20-5-3-4-19(2)16-20/h3-7,16-18,28H,8-15H2,1-2H3,(H,27,29)(H,30,31). The van der Waals surface area contributed by atoms with E-state index in [1.807, 2.05) is 25.1 Å². The topological polar surface area (TPSA) is 105 Å². The van der Waals surface area contributed by atoms with Crippen molar-refractivity contribution in [3.8, 4) is 11.5 Å². The lowest BCUT2D eigenvalue weighted by Gasteiger charge is -2.36. The van der Waals surface area contributed by atoms with Gasteiger partial charge in [0.2, 0.25) is 0 Å². The van der Waals surface area contributed by atoms with E-state index in [4.69, 9.17) is 14.6 Å². The lowest BCUT2D eigenvalue weighted by atomic mass is 9.77. The summed E-state index contributed by atoms with van der Waals surface area (Å²) < 4.78 is 11.5. The highest BCUT2D eigenvalue weighted by atomic mass is 16.5. The van der Waals surface area contributed by atoms with Crippen molar-refractivity contribution in [2.75, 3.05) is 19.8 Å². The van der Waals surface area contributed by atoms with Crippen LogP contribution >= 0.6 is 0 Å². The molecule has 0 aliphatic heterocycles. The Morgan fingerprint density at radius 2 is 1.79 bits per heavy atom. The number of ether oxygens (including phenoxy) is 2. The van der Waals surface area contributed by atoms with Crippen LogP contribution in [0.2, 0.25) is 0 Å². The Balaban J connectivity index is 1.74. The van der Waals surface area contributed by atoms with Gasteiger partial charge in [-0.05, 0) is 62.3 Å². The van der Waals surface area contributed by atoms with Crippen molar-refractivity contribution in [2.45, 2.75) is 51.5 Å². The number of carbonyl (C=O) groups is 2. The van der Waals surface area contributed by atoms with Gasteiger partial charge in [0.15, 0.2) is 11.5 Å². The summed E-state index contributed by atoms with van der Waals surface area (Å²) in [5.74, 6) is -0.204. The molecule has 1 fully saturated rings. The molecule has 2 aromatic rings. The van der Waals surface area contributed by atoms with Crippen LogP contribution in [0.1, 0.15) is 54.1 Å². The van der Waals surface area contributed by atoms with Crippen LogP contribution in [0.15, 0.2) is 42.5 Å². The van der Waals surface area contributed by atoms with Gasteiger partial charge in [0.25, 0.3) is 5.91 Å². The number of carboxylic acids is 1. The second kappa shape index (κ2) is 11.2. The van der Waals surface area contributed by atoms with Gasteiger partial charge < -0.3 is 25.0 Å². The van der Waals surface area contributed by atoms with Crippen molar-refractivity contribution in [3.63, 3.8) is 0 Å². The number of aliphatic carboxylic acids is 1. The van der Waals surface area contributed by atoms with Gasteiger partial charge >= 0.3 is 5.97 Å². The molecule has 0 atom stereocenters. The fourth-order valence-corrected chi connectivity index (χ4v) is 4.12. The minimum absolute atomic E-state index is 0.0973. The summed E-state index contributed by atoms with van der Waals surface area (Å²) in [5.41, 5.74) is 1.36. The number of aryl methyl sites for hydroxylation is 1. The number of hydrogen-bond donors (Lipinski definition) is 3. The third-order valence-corrected chi connectivity index (χ3v) is 6.18. The summed E-state index contributed by atoms with van der Waals surface area (Å²) in [6, 6.07) is 12.9. The first kappa shape index (κ1) is 24.6. The largest absolute Gasteiger partial charge is 0.489 e.